The van der Waals surface area contributed by atoms with E-state index in [0.717, 1.165) is 11.3 Å². The van der Waals surface area contributed by atoms with Crippen LogP contribution in [0.3, 0.4) is 0 Å². The molecular weight excluding hydrogens is 353 g/mol. The van der Waals surface area contributed by atoms with Crippen LogP contribution >= 0.6 is 0 Å². The summed E-state index contributed by atoms with van der Waals surface area (Å²) in [6.07, 6.45) is 0. The molecule has 138 valence electrons. The van der Waals surface area contributed by atoms with E-state index in [9.17, 15) is 14.3 Å². The normalized spacial score (nSPS) is 19.9. The van der Waals surface area contributed by atoms with E-state index < -0.39 is 11.9 Å². The molecule has 6 nitrogen and oxygen atoms in total. The van der Waals surface area contributed by atoms with Gasteiger partial charge in [-0.3, -0.25) is 0 Å². The molecule has 27 heavy (non-hydrogen) atoms. The van der Waals surface area contributed by atoms with Crippen LogP contribution < -0.4 is 14.4 Å². The summed E-state index contributed by atoms with van der Waals surface area (Å²) in [6, 6.07) is 9.88. The van der Waals surface area contributed by atoms with Crippen LogP contribution in [-0.4, -0.2) is 37.6 Å². The van der Waals surface area contributed by atoms with Crippen molar-refractivity contribution in [2.45, 2.75) is 5.92 Å². The van der Waals surface area contributed by atoms with Crippen molar-refractivity contribution in [1.82, 2.24) is 0 Å². The van der Waals surface area contributed by atoms with Gasteiger partial charge in [-0.25, -0.2) is 9.18 Å². The van der Waals surface area contributed by atoms with E-state index in [4.69, 9.17) is 14.2 Å². The number of hydrogen-bond donors (Lipinski definition) is 1. The molecule has 7 heteroatoms. The topological polar surface area (TPSA) is 68.2 Å². The van der Waals surface area contributed by atoms with Gasteiger partial charge >= 0.3 is 5.97 Å². The Labute approximate surface area is 154 Å². The summed E-state index contributed by atoms with van der Waals surface area (Å²) in [5, 5.41) is 9.55. The zero-order valence-electron chi connectivity index (χ0n) is 14.3. The van der Waals surface area contributed by atoms with Gasteiger partial charge in [0.25, 0.3) is 0 Å². The Kier molecular flexibility index (Phi) is 3.58. The van der Waals surface area contributed by atoms with E-state index >= 15 is 0 Å². The van der Waals surface area contributed by atoms with Crippen LogP contribution in [0.25, 0.3) is 0 Å². The second-order valence-electron chi connectivity index (χ2n) is 6.56. The molecular formula is C20H16FNO5. The van der Waals surface area contributed by atoms with Gasteiger partial charge in [0.15, 0.2) is 11.5 Å². The number of fused-ring (bicyclic) bond motifs is 2. The third-order valence-corrected chi connectivity index (χ3v) is 5.11. The SMILES string of the molecule is O=C1OCC2=C1C(c1cccc(F)c1)c1cc3c(cc1N2CCO)OCO3. The lowest BCUT2D eigenvalue weighted by Crippen LogP contribution is -2.33. The number of hydrogen-bond acceptors (Lipinski definition) is 6. The van der Waals surface area contributed by atoms with Gasteiger partial charge in [-0.2, -0.15) is 0 Å². The molecule has 0 spiro atoms. The number of anilines is 1. The van der Waals surface area contributed by atoms with Gasteiger partial charge < -0.3 is 24.2 Å². The van der Waals surface area contributed by atoms with Gasteiger partial charge in [-0.05, 0) is 29.3 Å². The summed E-state index contributed by atoms with van der Waals surface area (Å²) in [6.45, 7) is 0.452. The molecule has 0 bridgehead atoms. The first kappa shape index (κ1) is 16.1. The molecule has 3 aliphatic heterocycles. The van der Waals surface area contributed by atoms with Crippen LogP contribution in [-0.2, 0) is 9.53 Å². The van der Waals surface area contributed by atoms with E-state index in [1.54, 1.807) is 12.1 Å². The zero-order valence-corrected chi connectivity index (χ0v) is 14.3. The van der Waals surface area contributed by atoms with E-state index in [1.165, 1.54) is 12.1 Å². The Bertz CT molecular complexity index is 986. The second-order valence-corrected chi connectivity index (χ2v) is 6.56. The number of aliphatic hydroxyl groups excluding tert-OH is 1. The fraction of sp³-hybridized carbons (Fsp3) is 0.250. The fourth-order valence-electron chi connectivity index (χ4n) is 4.02. The predicted octanol–water partition coefficient (Wildman–Crippen LogP) is 2.31. The van der Waals surface area contributed by atoms with Crippen molar-refractivity contribution in [3.63, 3.8) is 0 Å². The molecule has 0 radical (unpaired) electrons. The van der Waals surface area contributed by atoms with Gasteiger partial charge in [-0.15, -0.1) is 0 Å². The van der Waals surface area contributed by atoms with Crippen molar-refractivity contribution in [3.8, 4) is 11.5 Å². The summed E-state index contributed by atoms with van der Waals surface area (Å²) < 4.78 is 30.2. The monoisotopic (exact) mass is 369 g/mol. The number of esters is 1. The highest BCUT2D eigenvalue weighted by atomic mass is 19.1. The summed E-state index contributed by atoms with van der Waals surface area (Å²) in [5.41, 5.74) is 3.40. The average molecular weight is 369 g/mol. The Balaban J connectivity index is 1.77. The molecule has 0 saturated heterocycles. The van der Waals surface area contributed by atoms with Gasteiger partial charge in [-0.1, -0.05) is 12.1 Å². The van der Waals surface area contributed by atoms with E-state index in [2.05, 4.69) is 0 Å². The molecule has 0 saturated carbocycles. The first-order chi connectivity index (χ1) is 13.2. The molecule has 1 atom stereocenters. The Morgan fingerprint density at radius 2 is 1.96 bits per heavy atom. The first-order valence-electron chi connectivity index (χ1n) is 8.65. The molecule has 2 aromatic carbocycles. The number of cyclic esters (lactones) is 1. The number of benzene rings is 2. The van der Waals surface area contributed by atoms with Crippen molar-refractivity contribution in [3.05, 3.63) is 64.6 Å². The van der Waals surface area contributed by atoms with Crippen molar-refractivity contribution >= 4 is 11.7 Å². The number of halogens is 1. The minimum absolute atomic E-state index is 0.0938. The lowest BCUT2D eigenvalue weighted by Gasteiger charge is -2.35. The van der Waals surface area contributed by atoms with Crippen LogP contribution in [0.15, 0.2) is 47.7 Å². The van der Waals surface area contributed by atoms with Crippen molar-refractivity contribution < 1.29 is 28.5 Å². The maximum absolute atomic E-state index is 13.9. The third-order valence-electron chi connectivity index (χ3n) is 5.11. The van der Waals surface area contributed by atoms with Crippen LogP contribution in [0.2, 0.25) is 0 Å². The Hall–Kier alpha value is -3.06. The molecule has 0 fully saturated rings. The molecule has 1 unspecified atom stereocenters. The largest absolute Gasteiger partial charge is 0.456 e. The van der Waals surface area contributed by atoms with Crippen molar-refractivity contribution in [1.29, 1.82) is 0 Å². The fourth-order valence-corrected chi connectivity index (χ4v) is 4.02. The number of aliphatic hydroxyl groups is 1. The standard InChI is InChI=1S/C20H16FNO5/c21-12-3-1-2-11(6-12)18-13-7-16-17(27-10-26-16)8-14(13)22(4-5-23)15-9-25-20(24)19(15)18/h1-3,6-8,18,23H,4-5,9-10H2. The van der Waals surface area contributed by atoms with Crippen LogP contribution in [0.5, 0.6) is 11.5 Å². The maximum atomic E-state index is 13.9. The second kappa shape index (κ2) is 5.99. The number of ether oxygens (including phenoxy) is 3. The zero-order chi connectivity index (χ0) is 18.5. The molecule has 0 aromatic heterocycles. The molecule has 1 N–H and O–H groups in total. The summed E-state index contributed by atoms with van der Waals surface area (Å²) >= 11 is 0. The quantitative estimate of drug-likeness (QED) is 0.838. The van der Waals surface area contributed by atoms with Gasteiger partial charge in [0.2, 0.25) is 6.79 Å². The highest BCUT2D eigenvalue weighted by Gasteiger charge is 2.42. The summed E-state index contributed by atoms with van der Waals surface area (Å²) in [5.74, 6) is -0.102. The molecule has 0 amide bonds. The van der Waals surface area contributed by atoms with E-state index in [-0.39, 0.29) is 25.8 Å². The lowest BCUT2D eigenvalue weighted by molar-refractivity contribution is -0.136. The molecule has 2 aromatic rings. The maximum Gasteiger partial charge on any atom is 0.337 e. The number of rotatable bonds is 3. The van der Waals surface area contributed by atoms with Gasteiger partial charge in [0.05, 0.1) is 17.9 Å². The highest BCUT2D eigenvalue weighted by molar-refractivity contribution is 5.97. The van der Waals surface area contributed by atoms with E-state index in [0.29, 0.717) is 34.9 Å². The Morgan fingerprint density at radius 1 is 1.15 bits per heavy atom. The molecule has 0 aliphatic carbocycles. The first-order valence-corrected chi connectivity index (χ1v) is 8.65. The molecule has 3 aliphatic rings. The molecule has 5 rings (SSSR count). The van der Waals surface area contributed by atoms with Crippen LogP contribution in [0.1, 0.15) is 17.0 Å². The number of carbonyl (C=O) groups is 1. The average Bonchev–Trinajstić information content (AvgIpc) is 3.27. The van der Waals surface area contributed by atoms with Gasteiger partial charge in [0, 0.05) is 24.2 Å². The summed E-state index contributed by atoms with van der Waals surface area (Å²) in [4.78, 5) is 14.4. The lowest BCUT2D eigenvalue weighted by atomic mass is 9.80. The smallest absolute Gasteiger partial charge is 0.337 e. The third kappa shape index (κ3) is 2.39. The van der Waals surface area contributed by atoms with E-state index in [1.807, 2.05) is 17.0 Å². The van der Waals surface area contributed by atoms with Crippen molar-refractivity contribution in [2.24, 2.45) is 0 Å². The minimum Gasteiger partial charge on any atom is -0.456 e. The highest BCUT2D eigenvalue weighted by Crippen LogP contribution is 2.51. The van der Waals surface area contributed by atoms with Crippen LogP contribution in [0.4, 0.5) is 10.1 Å². The van der Waals surface area contributed by atoms with Crippen molar-refractivity contribution in [2.75, 3.05) is 31.5 Å². The Morgan fingerprint density at radius 3 is 2.74 bits per heavy atom. The molecule has 3 heterocycles. The van der Waals surface area contributed by atoms with Crippen LogP contribution in [0, 0.1) is 5.82 Å². The number of carbonyl (C=O) groups excluding carboxylic acids is 1. The minimum atomic E-state index is -0.481. The number of nitrogens with zero attached hydrogens (tertiary/aromatic N) is 1. The summed E-state index contributed by atoms with van der Waals surface area (Å²) in [7, 11) is 0. The predicted molar refractivity (Wildman–Crippen MR) is 93.2 cm³/mol. The van der Waals surface area contributed by atoms with Gasteiger partial charge in [0.1, 0.15) is 12.4 Å². The number of β-amino-alcohol motifs (C(OH)–C–C–N with tert-alkyl or cyclic N) is 1.